The van der Waals surface area contributed by atoms with Gasteiger partial charge in [-0.2, -0.15) is 0 Å². The first-order chi connectivity index (χ1) is 4.20. The highest BCUT2D eigenvalue weighted by molar-refractivity contribution is 4.85. The zero-order valence-corrected chi connectivity index (χ0v) is 6.09. The highest BCUT2D eigenvalue weighted by Crippen LogP contribution is 1.83. The Hall–Kier alpha value is -0.380. The van der Waals surface area contributed by atoms with Crippen LogP contribution in [0.3, 0.4) is 0 Å². The first-order valence-corrected chi connectivity index (χ1v) is 2.94. The number of hydrogen-bond donors (Lipinski definition) is 2. The zero-order chi connectivity index (χ0) is 7.28. The highest BCUT2D eigenvalue weighted by Gasteiger charge is 1.99. The predicted molar refractivity (Wildman–Crippen MR) is 39.9 cm³/mol. The van der Waals surface area contributed by atoms with Crippen LogP contribution in [-0.4, -0.2) is 31.6 Å². The number of hydrazine groups is 1. The molecule has 1 unspecified atom stereocenters. The third-order valence-corrected chi connectivity index (χ3v) is 1.06. The van der Waals surface area contributed by atoms with E-state index >= 15 is 0 Å². The predicted octanol–water partition coefficient (Wildman–Crippen LogP) is -0.434. The van der Waals surface area contributed by atoms with E-state index in [9.17, 15) is 0 Å². The zero-order valence-electron chi connectivity index (χ0n) is 6.09. The fraction of sp³-hybridized carbons (Fsp3) is 0.667. The molecule has 0 amide bonds. The van der Waals surface area contributed by atoms with Gasteiger partial charge in [-0.3, -0.25) is 11.3 Å². The van der Waals surface area contributed by atoms with Crippen molar-refractivity contribution >= 4 is 0 Å². The third-order valence-electron chi connectivity index (χ3n) is 1.06. The molecule has 3 nitrogen and oxygen atoms in total. The molecule has 0 heterocycles. The van der Waals surface area contributed by atoms with Crippen LogP contribution in [-0.2, 0) is 0 Å². The number of nitrogens with zero attached hydrogens (tertiary/aromatic N) is 1. The summed E-state index contributed by atoms with van der Waals surface area (Å²) in [6, 6.07) is 0.194. The van der Waals surface area contributed by atoms with Crippen LogP contribution in [0.5, 0.6) is 0 Å². The largest absolute Gasteiger partial charge is 0.307 e. The second kappa shape index (κ2) is 4.49. The van der Waals surface area contributed by atoms with Gasteiger partial charge in [0, 0.05) is 6.54 Å². The second-order valence-corrected chi connectivity index (χ2v) is 2.27. The minimum Gasteiger partial charge on any atom is -0.307 e. The summed E-state index contributed by atoms with van der Waals surface area (Å²) in [4.78, 5) is 2.05. The van der Waals surface area contributed by atoms with E-state index in [-0.39, 0.29) is 6.04 Å². The summed E-state index contributed by atoms with van der Waals surface area (Å²) < 4.78 is 0. The van der Waals surface area contributed by atoms with Crippen molar-refractivity contribution in [2.75, 3.05) is 20.6 Å². The molecule has 9 heavy (non-hydrogen) atoms. The van der Waals surface area contributed by atoms with Crippen molar-refractivity contribution in [3.05, 3.63) is 12.7 Å². The van der Waals surface area contributed by atoms with Gasteiger partial charge in [0.15, 0.2) is 0 Å². The van der Waals surface area contributed by atoms with Gasteiger partial charge in [0.2, 0.25) is 0 Å². The maximum atomic E-state index is 5.18. The average molecular weight is 129 g/mol. The van der Waals surface area contributed by atoms with Gasteiger partial charge in [0.25, 0.3) is 0 Å². The first kappa shape index (κ1) is 8.62. The summed E-state index contributed by atoms with van der Waals surface area (Å²) in [6.45, 7) is 4.50. The van der Waals surface area contributed by atoms with Gasteiger partial charge in [0.05, 0.1) is 6.04 Å². The lowest BCUT2D eigenvalue weighted by atomic mass is 10.3. The number of hydrogen-bond acceptors (Lipinski definition) is 3. The Bertz CT molecular complexity index is 80.4. The normalized spacial score (nSPS) is 13.8. The van der Waals surface area contributed by atoms with E-state index in [0.29, 0.717) is 0 Å². The van der Waals surface area contributed by atoms with Crippen LogP contribution in [0.15, 0.2) is 12.7 Å². The molecule has 0 aromatic carbocycles. The number of rotatable bonds is 4. The maximum Gasteiger partial charge on any atom is 0.0514 e. The molecule has 3 N–H and O–H groups in total. The minimum absolute atomic E-state index is 0.194. The van der Waals surface area contributed by atoms with Gasteiger partial charge in [-0.25, -0.2) is 0 Å². The van der Waals surface area contributed by atoms with Crippen molar-refractivity contribution in [3.63, 3.8) is 0 Å². The standard InChI is InChI=1S/C6H15N3/c1-4-6(8-7)5-9(2)3/h4,6,8H,1,5,7H2,2-3H3. The van der Waals surface area contributed by atoms with Crippen molar-refractivity contribution < 1.29 is 0 Å². The van der Waals surface area contributed by atoms with E-state index in [1.54, 1.807) is 6.08 Å². The quantitative estimate of drug-likeness (QED) is 0.307. The minimum atomic E-state index is 0.194. The van der Waals surface area contributed by atoms with Gasteiger partial charge < -0.3 is 4.90 Å². The summed E-state index contributed by atoms with van der Waals surface area (Å²) in [5.41, 5.74) is 2.62. The molecular weight excluding hydrogens is 114 g/mol. The Morgan fingerprint density at radius 2 is 2.33 bits per heavy atom. The second-order valence-electron chi connectivity index (χ2n) is 2.27. The fourth-order valence-electron chi connectivity index (χ4n) is 0.589. The van der Waals surface area contributed by atoms with Gasteiger partial charge in [-0.1, -0.05) is 6.08 Å². The van der Waals surface area contributed by atoms with E-state index < -0.39 is 0 Å². The Labute approximate surface area is 56.5 Å². The molecule has 54 valence electrons. The lowest BCUT2D eigenvalue weighted by Crippen LogP contribution is -2.40. The smallest absolute Gasteiger partial charge is 0.0514 e. The lowest BCUT2D eigenvalue weighted by Gasteiger charge is -2.15. The maximum absolute atomic E-state index is 5.18. The van der Waals surface area contributed by atoms with Crippen LogP contribution in [0.1, 0.15) is 0 Å². The Morgan fingerprint density at radius 1 is 1.78 bits per heavy atom. The molecule has 0 saturated carbocycles. The molecule has 0 aliphatic rings. The van der Waals surface area contributed by atoms with Gasteiger partial charge >= 0.3 is 0 Å². The average Bonchev–Trinajstić information content (AvgIpc) is 1.82. The molecule has 0 aliphatic carbocycles. The highest BCUT2D eigenvalue weighted by atomic mass is 15.3. The Balaban J connectivity index is 3.42. The van der Waals surface area contributed by atoms with E-state index in [1.807, 2.05) is 19.0 Å². The van der Waals surface area contributed by atoms with E-state index in [0.717, 1.165) is 6.54 Å². The number of nitrogens with two attached hydrogens (primary N) is 1. The Kier molecular flexibility index (Phi) is 4.30. The molecule has 0 spiro atoms. The molecule has 1 atom stereocenters. The van der Waals surface area contributed by atoms with Gasteiger partial charge in [0.1, 0.15) is 0 Å². The van der Waals surface area contributed by atoms with Crippen molar-refractivity contribution in [2.24, 2.45) is 5.84 Å². The van der Waals surface area contributed by atoms with E-state index in [4.69, 9.17) is 5.84 Å². The van der Waals surface area contributed by atoms with Crippen LogP contribution >= 0.6 is 0 Å². The van der Waals surface area contributed by atoms with Crippen molar-refractivity contribution in [1.82, 2.24) is 10.3 Å². The molecule has 0 aromatic heterocycles. The lowest BCUT2D eigenvalue weighted by molar-refractivity contribution is 0.369. The third kappa shape index (κ3) is 4.14. The van der Waals surface area contributed by atoms with Gasteiger partial charge in [-0.05, 0) is 14.1 Å². The summed E-state index contributed by atoms with van der Waals surface area (Å²) in [6.07, 6.45) is 1.79. The van der Waals surface area contributed by atoms with Crippen LogP contribution in [0.4, 0.5) is 0 Å². The molecule has 0 radical (unpaired) electrons. The number of nitrogens with one attached hydrogen (secondary N) is 1. The van der Waals surface area contributed by atoms with Gasteiger partial charge in [-0.15, -0.1) is 6.58 Å². The molecule has 0 aromatic rings. The molecule has 0 fully saturated rings. The number of likely N-dealkylation sites (N-methyl/N-ethyl adjacent to an activating group) is 1. The summed E-state index contributed by atoms with van der Waals surface area (Å²) in [7, 11) is 3.99. The summed E-state index contributed by atoms with van der Waals surface area (Å²) in [5.74, 6) is 5.18. The molecule has 0 bridgehead atoms. The van der Waals surface area contributed by atoms with Crippen LogP contribution in [0.25, 0.3) is 0 Å². The molecule has 0 rings (SSSR count). The molecule has 3 heteroatoms. The Morgan fingerprint density at radius 3 is 2.44 bits per heavy atom. The van der Waals surface area contributed by atoms with E-state index in [2.05, 4.69) is 12.0 Å². The molecular formula is C6H15N3. The SMILES string of the molecule is C=CC(CN(C)C)NN. The molecule has 0 saturated heterocycles. The van der Waals surface area contributed by atoms with E-state index in [1.165, 1.54) is 0 Å². The first-order valence-electron chi connectivity index (χ1n) is 2.94. The van der Waals surface area contributed by atoms with Crippen molar-refractivity contribution in [3.8, 4) is 0 Å². The molecule has 0 aliphatic heterocycles. The summed E-state index contributed by atoms with van der Waals surface area (Å²) >= 11 is 0. The van der Waals surface area contributed by atoms with Crippen LogP contribution < -0.4 is 11.3 Å². The topological polar surface area (TPSA) is 41.3 Å². The monoisotopic (exact) mass is 129 g/mol. The summed E-state index contributed by atoms with van der Waals surface area (Å²) in [5, 5.41) is 0. The van der Waals surface area contributed by atoms with Crippen molar-refractivity contribution in [1.29, 1.82) is 0 Å². The van der Waals surface area contributed by atoms with Crippen LogP contribution in [0, 0.1) is 0 Å². The fourth-order valence-corrected chi connectivity index (χ4v) is 0.589. The van der Waals surface area contributed by atoms with Crippen LogP contribution in [0.2, 0.25) is 0 Å². The van der Waals surface area contributed by atoms with Crippen molar-refractivity contribution in [2.45, 2.75) is 6.04 Å².